The van der Waals surface area contributed by atoms with Crippen LogP contribution in [0.2, 0.25) is 0 Å². The summed E-state index contributed by atoms with van der Waals surface area (Å²) in [6, 6.07) is 18.6. The van der Waals surface area contributed by atoms with Crippen LogP contribution in [0.15, 0.2) is 54.6 Å². The Kier molecular flexibility index (Phi) is 4.70. The molecule has 25 heavy (non-hydrogen) atoms. The quantitative estimate of drug-likeness (QED) is 0.864. The zero-order chi connectivity index (χ0) is 17.1. The Balaban J connectivity index is 1.31. The first-order chi connectivity index (χ1) is 12.3. The van der Waals surface area contributed by atoms with E-state index >= 15 is 0 Å². The summed E-state index contributed by atoms with van der Waals surface area (Å²) in [7, 11) is 0. The van der Waals surface area contributed by atoms with Crippen molar-refractivity contribution in [3.8, 4) is 5.75 Å². The topological polar surface area (TPSA) is 32.8 Å². The third-order valence-electron chi connectivity index (χ3n) is 5.16. The number of carbonyl (C=O) groups is 1. The summed E-state index contributed by atoms with van der Waals surface area (Å²) in [5, 5.41) is 0. The number of para-hydroxylation sites is 1. The lowest BCUT2D eigenvalue weighted by Gasteiger charge is -2.37. The van der Waals surface area contributed by atoms with Gasteiger partial charge in [0, 0.05) is 32.7 Å². The molecule has 4 heteroatoms. The summed E-state index contributed by atoms with van der Waals surface area (Å²) in [5.74, 6) is 1.13. The monoisotopic (exact) mass is 336 g/mol. The van der Waals surface area contributed by atoms with Crippen LogP contribution in [0.4, 0.5) is 0 Å². The van der Waals surface area contributed by atoms with E-state index in [4.69, 9.17) is 4.74 Å². The smallest absolute Gasteiger partial charge is 0.229 e. The van der Waals surface area contributed by atoms with Gasteiger partial charge in [0.15, 0.2) is 0 Å². The van der Waals surface area contributed by atoms with Gasteiger partial charge in [0.05, 0.1) is 5.92 Å². The second kappa shape index (κ2) is 7.28. The summed E-state index contributed by atoms with van der Waals surface area (Å²) in [5.41, 5.74) is 2.48. The number of fused-ring (bicyclic) bond motifs is 1. The lowest BCUT2D eigenvalue weighted by atomic mass is 9.95. The third kappa shape index (κ3) is 3.69. The van der Waals surface area contributed by atoms with E-state index in [9.17, 15) is 4.79 Å². The Morgan fingerprint density at radius 1 is 0.960 bits per heavy atom. The van der Waals surface area contributed by atoms with Gasteiger partial charge >= 0.3 is 0 Å². The molecule has 0 aliphatic carbocycles. The minimum absolute atomic E-state index is 0.0458. The van der Waals surface area contributed by atoms with Gasteiger partial charge in [0.25, 0.3) is 0 Å². The van der Waals surface area contributed by atoms with Crippen molar-refractivity contribution in [1.82, 2.24) is 9.80 Å². The molecule has 0 unspecified atom stereocenters. The summed E-state index contributed by atoms with van der Waals surface area (Å²) in [6.07, 6.45) is 0.791. The van der Waals surface area contributed by atoms with Crippen molar-refractivity contribution in [2.75, 3.05) is 32.8 Å². The Labute approximate surface area is 149 Å². The first kappa shape index (κ1) is 16.2. The molecule has 0 aromatic heterocycles. The molecule has 1 fully saturated rings. The molecular formula is C21H24N2O2. The molecule has 0 N–H and O–H groups in total. The van der Waals surface area contributed by atoms with E-state index in [1.54, 1.807) is 0 Å². The summed E-state index contributed by atoms with van der Waals surface area (Å²) in [6.45, 7) is 4.95. The predicted molar refractivity (Wildman–Crippen MR) is 97.4 cm³/mol. The Hall–Kier alpha value is -2.33. The second-order valence-corrected chi connectivity index (χ2v) is 6.91. The van der Waals surface area contributed by atoms with Crippen LogP contribution in [0.1, 0.15) is 11.1 Å². The van der Waals surface area contributed by atoms with Gasteiger partial charge in [0.2, 0.25) is 5.91 Å². The van der Waals surface area contributed by atoms with Crippen LogP contribution in [0, 0.1) is 5.92 Å². The lowest BCUT2D eigenvalue weighted by Crippen LogP contribution is -2.51. The number of ether oxygens (including phenoxy) is 1. The molecule has 2 aliphatic rings. The molecule has 2 heterocycles. The fourth-order valence-corrected chi connectivity index (χ4v) is 3.71. The zero-order valence-corrected chi connectivity index (χ0v) is 14.4. The lowest BCUT2D eigenvalue weighted by molar-refractivity contribution is -0.138. The van der Waals surface area contributed by atoms with Crippen LogP contribution < -0.4 is 4.74 Å². The van der Waals surface area contributed by atoms with Gasteiger partial charge < -0.3 is 9.64 Å². The fraction of sp³-hybridized carbons (Fsp3) is 0.381. The van der Waals surface area contributed by atoms with Crippen molar-refractivity contribution in [3.05, 3.63) is 65.7 Å². The molecule has 4 nitrogen and oxygen atoms in total. The molecule has 0 radical (unpaired) electrons. The van der Waals surface area contributed by atoms with Crippen LogP contribution in [-0.4, -0.2) is 48.5 Å². The first-order valence-electron chi connectivity index (χ1n) is 9.05. The van der Waals surface area contributed by atoms with Gasteiger partial charge in [-0.2, -0.15) is 0 Å². The van der Waals surface area contributed by atoms with Crippen LogP contribution in [0.25, 0.3) is 0 Å². The number of piperazine rings is 1. The van der Waals surface area contributed by atoms with Crippen molar-refractivity contribution in [2.45, 2.75) is 13.0 Å². The molecular weight excluding hydrogens is 312 g/mol. The van der Waals surface area contributed by atoms with Gasteiger partial charge in [-0.3, -0.25) is 9.69 Å². The molecule has 4 rings (SSSR count). The van der Waals surface area contributed by atoms with Gasteiger partial charge in [-0.15, -0.1) is 0 Å². The molecule has 2 aromatic rings. The molecule has 2 aromatic carbocycles. The fourth-order valence-electron chi connectivity index (χ4n) is 3.71. The SMILES string of the molecule is O=C([C@@H]1COc2ccccc2C1)N1CCN(Cc2ccccc2)CC1. The van der Waals surface area contributed by atoms with Crippen molar-refractivity contribution in [2.24, 2.45) is 5.92 Å². The van der Waals surface area contributed by atoms with Crippen molar-refractivity contribution >= 4 is 5.91 Å². The molecule has 1 saturated heterocycles. The number of carbonyl (C=O) groups excluding carboxylic acids is 1. The van der Waals surface area contributed by atoms with Crippen LogP contribution in [0.5, 0.6) is 5.75 Å². The molecule has 0 spiro atoms. The maximum Gasteiger partial charge on any atom is 0.229 e. The van der Waals surface area contributed by atoms with Gasteiger partial charge in [0.1, 0.15) is 12.4 Å². The highest BCUT2D eigenvalue weighted by atomic mass is 16.5. The number of benzene rings is 2. The zero-order valence-electron chi connectivity index (χ0n) is 14.4. The van der Waals surface area contributed by atoms with Crippen molar-refractivity contribution in [1.29, 1.82) is 0 Å². The molecule has 2 aliphatic heterocycles. The van der Waals surface area contributed by atoms with Crippen molar-refractivity contribution in [3.63, 3.8) is 0 Å². The number of hydrogen-bond acceptors (Lipinski definition) is 3. The van der Waals surface area contributed by atoms with Gasteiger partial charge in [-0.25, -0.2) is 0 Å². The second-order valence-electron chi connectivity index (χ2n) is 6.91. The molecule has 1 atom stereocenters. The van der Waals surface area contributed by atoms with E-state index in [1.165, 1.54) is 5.56 Å². The van der Waals surface area contributed by atoms with Crippen LogP contribution in [0.3, 0.4) is 0 Å². The Morgan fingerprint density at radius 3 is 2.48 bits per heavy atom. The van der Waals surface area contributed by atoms with E-state index in [0.29, 0.717) is 6.61 Å². The average Bonchev–Trinajstić information content (AvgIpc) is 2.68. The summed E-state index contributed by atoms with van der Waals surface area (Å²) < 4.78 is 5.79. The highest BCUT2D eigenvalue weighted by Gasteiger charge is 2.31. The standard InChI is InChI=1S/C21H24N2O2/c24-21(19-14-18-8-4-5-9-20(18)25-16-19)23-12-10-22(11-13-23)15-17-6-2-1-3-7-17/h1-9,19H,10-16H2/t19-/m0/s1. The van der Waals surface area contributed by atoms with E-state index in [1.807, 2.05) is 29.2 Å². The highest BCUT2D eigenvalue weighted by Crippen LogP contribution is 2.28. The molecule has 0 saturated carbocycles. The molecule has 0 bridgehead atoms. The first-order valence-corrected chi connectivity index (χ1v) is 9.05. The van der Waals surface area contributed by atoms with E-state index in [-0.39, 0.29) is 11.8 Å². The maximum atomic E-state index is 12.9. The normalized spacial score (nSPS) is 20.6. The largest absolute Gasteiger partial charge is 0.492 e. The van der Waals surface area contributed by atoms with Gasteiger partial charge in [-0.1, -0.05) is 48.5 Å². The average molecular weight is 336 g/mol. The Bertz CT molecular complexity index is 724. The van der Waals surface area contributed by atoms with Crippen LogP contribution in [-0.2, 0) is 17.8 Å². The molecule has 130 valence electrons. The van der Waals surface area contributed by atoms with Gasteiger partial charge in [-0.05, 0) is 23.6 Å². The Morgan fingerprint density at radius 2 is 1.68 bits per heavy atom. The minimum atomic E-state index is -0.0458. The number of rotatable bonds is 3. The van der Waals surface area contributed by atoms with Crippen molar-refractivity contribution < 1.29 is 9.53 Å². The van der Waals surface area contributed by atoms with Crippen LogP contribution >= 0.6 is 0 Å². The summed E-state index contributed by atoms with van der Waals surface area (Å²) in [4.78, 5) is 17.3. The van der Waals surface area contributed by atoms with E-state index < -0.39 is 0 Å². The minimum Gasteiger partial charge on any atom is -0.492 e. The predicted octanol–water partition coefficient (Wildman–Crippen LogP) is 2.58. The maximum absolute atomic E-state index is 12.9. The van der Waals surface area contributed by atoms with E-state index in [0.717, 1.165) is 50.5 Å². The number of amides is 1. The number of hydrogen-bond donors (Lipinski definition) is 0. The third-order valence-corrected chi connectivity index (χ3v) is 5.16. The van der Waals surface area contributed by atoms with E-state index in [2.05, 4.69) is 35.2 Å². The highest BCUT2D eigenvalue weighted by molar-refractivity contribution is 5.80. The molecule has 1 amide bonds. The number of nitrogens with zero attached hydrogens (tertiary/aromatic N) is 2. The summed E-state index contributed by atoms with van der Waals surface area (Å²) >= 11 is 0.